The first-order valence-corrected chi connectivity index (χ1v) is 8.09. The lowest BCUT2D eigenvalue weighted by atomic mass is 9.94. The molecule has 0 radical (unpaired) electrons. The normalized spacial score (nSPS) is 12.1. The molecule has 0 aromatic heterocycles. The Balaban J connectivity index is 1.90. The van der Waals surface area contributed by atoms with Crippen LogP contribution < -0.4 is 4.74 Å². The summed E-state index contributed by atoms with van der Waals surface area (Å²) < 4.78 is 5.87. The van der Waals surface area contributed by atoms with Crippen molar-refractivity contribution in [3.63, 3.8) is 0 Å². The molecule has 0 saturated heterocycles. The summed E-state index contributed by atoms with van der Waals surface area (Å²) in [6.45, 7) is 4.80. The van der Waals surface area contributed by atoms with Crippen LogP contribution in [0.25, 0.3) is 0 Å². The third-order valence-electron chi connectivity index (χ3n) is 3.94. The Hall–Kier alpha value is -2.29. The first-order valence-electron chi connectivity index (χ1n) is 8.09. The van der Waals surface area contributed by atoms with E-state index in [1.54, 1.807) is 0 Å². The van der Waals surface area contributed by atoms with Gasteiger partial charge < -0.3 is 9.84 Å². The Morgan fingerprint density at radius 3 is 2.35 bits per heavy atom. The topological polar surface area (TPSA) is 46.5 Å². The van der Waals surface area contributed by atoms with E-state index < -0.39 is 11.9 Å². The van der Waals surface area contributed by atoms with Crippen LogP contribution >= 0.6 is 0 Å². The third kappa shape index (κ3) is 4.85. The summed E-state index contributed by atoms with van der Waals surface area (Å²) >= 11 is 0. The van der Waals surface area contributed by atoms with Crippen molar-refractivity contribution >= 4 is 5.97 Å². The lowest BCUT2D eigenvalue weighted by molar-refractivity contribution is -0.139. The van der Waals surface area contributed by atoms with Crippen LogP contribution in [-0.2, 0) is 4.79 Å². The van der Waals surface area contributed by atoms with Gasteiger partial charge >= 0.3 is 5.97 Å². The second kappa shape index (κ2) is 8.37. The number of para-hydroxylation sites is 1. The molecule has 0 fully saturated rings. The summed E-state index contributed by atoms with van der Waals surface area (Å²) in [7, 11) is 0. The summed E-state index contributed by atoms with van der Waals surface area (Å²) in [4.78, 5) is 11.5. The number of carboxylic acid groups (broad SMARTS) is 1. The smallest absolute Gasteiger partial charge is 0.310 e. The van der Waals surface area contributed by atoms with Gasteiger partial charge in [-0.1, -0.05) is 62.4 Å². The molecule has 2 rings (SSSR count). The van der Waals surface area contributed by atoms with Gasteiger partial charge in [0.15, 0.2) is 0 Å². The van der Waals surface area contributed by atoms with Gasteiger partial charge in [-0.3, -0.25) is 4.79 Å². The van der Waals surface area contributed by atoms with E-state index in [1.807, 2.05) is 48.5 Å². The fourth-order valence-corrected chi connectivity index (χ4v) is 2.68. The molecule has 1 unspecified atom stereocenters. The van der Waals surface area contributed by atoms with Crippen LogP contribution in [-0.4, -0.2) is 17.7 Å². The summed E-state index contributed by atoms with van der Waals surface area (Å²) in [5, 5.41) is 9.42. The fraction of sp³-hybridized carbons (Fsp3) is 0.350. The van der Waals surface area contributed by atoms with E-state index in [4.69, 9.17) is 4.74 Å². The lowest BCUT2D eigenvalue weighted by Crippen LogP contribution is -2.13. The maximum Gasteiger partial charge on any atom is 0.310 e. The molecule has 2 aromatic carbocycles. The van der Waals surface area contributed by atoms with E-state index in [0.717, 1.165) is 11.3 Å². The van der Waals surface area contributed by atoms with Crippen molar-refractivity contribution < 1.29 is 14.6 Å². The third-order valence-corrected chi connectivity index (χ3v) is 3.94. The molecular formula is C20H24O3. The van der Waals surface area contributed by atoms with Gasteiger partial charge in [0.05, 0.1) is 12.5 Å². The highest BCUT2D eigenvalue weighted by molar-refractivity contribution is 5.75. The van der Waals surface area contributed by atoms with Gasteiger partial charge in [0, 0.05) is 0 Å². The number of rotatable bonds is 8. The van der Waals surface area contributed by atoms with E-state index in [0.29, 0.717) is 25.4 Å². The second-order valence-corrected chi connectivity index (χ2v) is 5.98. The minimum Gasteiger partial charge on any atom is -0.493 e. The molecule has 0 heterocycles. The van der Waals surface area contributed by atoms with E-state index in [9.17, 15) is 9.90 Å². The zero-order chi connectivity index (χ0) is 16.7. The van der Waals surface area contributed by atoms with Gasteiger partial charge in [-0.15, -0.1) is 0 Å². The number of hydrogen-bond acceptors (Lipinski definition) is 2. The minimum atomic E-state index is -0.779. The first-order chi connectivity index (χ1) is 11.1. The molecule has 122 valence electrons. The van der Waals surface area contributed by atoms with Crippen LogP contribution in [0, 0.1) is 0 Å². The summed E-state index contributed by atoms with van der Waals surface area (Å²) in [5.41, 5.74) is 2.04. The number of aliphatic carboxylic acids is 1. The van der Waals surface area contributed by atoms with Crippen molar-refractivity contribution in [2.75, 3.05) is 6.61 Å². The minimum absolute atomic E-state index is 0.405. The van der Waals surface area contributed by atoms with Gasteiger partial charge in [0.1, 0.15) is 5.75 Å². The van der Waals surface area contributed by atoms with Gasteiger partial charge in [-0.25, -0.2) is 0 Å². The van der Waals surface area contributed by atoms with Gasteiger partial charge in [0.25, 0.3) is 0 Å². The highest BCUT2D eigenvalue weighted by atomic mass is 16.5. The Morgan fingerprint density at radius 2 is 1.70 bits per heavy atom. The summed E-state index contributed by atoms with van der Waals surface area (Å²) in [6, 6.07) is 17.4. The number of ether oxygens (including phenoxy) is 1. The van der Waals surface area contributed by atoms with E-state index >= 15 is 0 Å². The van der Waals surface area contributed by atoms with Crippen LogP contribution in [0.15, 0.2) is 54.6 Å². The Morgan fingerprint density at radius 1 is 1.04 bits per heavy atom. The van der Waals surface area contributed by atoms with Crippen LogP contribution in [0.4, 0.5) is 0 Å². The first kappa shape index (κ1) is 17.1. The van der Waals surface area contributed by atoms with Crippen molar-refractivity contribution in [2.45, 2.75) is 38.5 Å². The molecule has 1 atom stereocenters. The maximum atomic E-state index is 11.5. The zero-order valence-electron chi connectivity index (χ0n) is 13.7. The molecular weight excluding hydrogens is 288 g/mol. The highest BCUT2D eigenvalue weighted by Gasteiger charge is 2.19. The quantitative estimate of drug-likeness (QED) is 0.710. The Labute approximate surface area is 137 Å². The number of benzene rings is 2. The van der Waals surface area contributed by atoms with E-state index in [1.165, 1.54) is 5.56 Å². The van der Waals surface area contributed by atoms with Gasteiger partial charge in [-0.2, -0.15) is 0 Å². The number of hydrogen-bond donors (Lipinski definition) is 1. The van der Waals surface area contributed by atoms with Crippen LogP contribution in [0.2, 0.25) is 0 Å². The second-order valence-electron chi connectivity index (χ2n) is 5.98. The average molecular weight is 312 g/mol. The fourth-order valence-electron chi connectivity index (χ4n) is 2.68. The summed E-state index contributed by atoms with van der Waals surface area (Å²) in [6.07, 6.45) is 1.28. The zero-order valence-corrected chi connectivity index (χ0v) is 13.7. The molecule has 23 heavy (non-hydrogen) atoms. The maximum absolute atomic E-state index is 11.5. The van der Waals surface area contributed by atoms with Crippen molar-refractivity contribution in [2.24, 2.45) is 0 Å². The average Bonchev–Trinajstić information content (AvgIpc) is 2.55. The largest absolute Gasteiger partial charge is 0.493 e. The molecule has 0 bridgehead atoms. The van der Waals surface area contributed by atoms with Crippen molar-refractivity contribution in [3.8, 4) is 5.75 Å². The Kier molecular flexibility index (Phi) is 6.21. The molecule has 0 aliphatic heterocycles. The summed E-state index contributed by atoms with van der Waals surface area (Å²) in [5.74, 6) is 0.0512. The molecule has 3 nitrogen and oxygen atoms in total. The molecule has 0 aliphatic carbocycles. The molecule has 3 heteroatoms. The standard InChI is InChI=1S/C20H24O3/c1-15(2)17-11-6-7-13-19(17)23-14-8-12-18(20(21)22)16-9-4-3-5-10-16/h3-7,9-11,13,15,18H,8,12,14H2,1-2H3,(H,21,22). The molecule has 1 N–H and O–H groups in total. The van der Waals surface area contributed by atoms with Crippen LogP contribution in [0.5, 0.6) is 5.75 Å². The number of carboxylic acids is 1. The van der Waals surface area contributed by atoms with E-state index in [-0.39, 0.29) is 0 Å². The Bertz CT molecular complexity index is 620. The highest BCUT2D eigenvalue weighted by Crippen LogP contribution is 2.27. The van der Waals surface area contributed by atoms with Crippen molar-refractivity contribution in [1.82, 2.24) is 0 Å². The lowest BCUT2D eigenvalue weighted by Gasteiger charge is -2.15. The van der Waals surface area contributed by atoms with Gasteiger partial charge in [-0.05, 0) is 36.0 Å². The van der Waals surface area contributed by atoms with Crippen molar-refractivity contribution in [3.05, 3.63) is 65.7 Å². The molecule has 2 aromatic rings. The SMILES string of the molecule is CC(C)c1ccccc1OCCCC(C(=O)O)c1ccccc1. The monoisotopic (exact) mass is 312 g/mol. The molecule has 0 amide bonds. The predicted molar refractivity (Wildman–Crippen MR) is 92.1 cm³/mol. The predicted octanol–water partition coefficient (Wildman–Crippen LogP) is 4.84. The molecule has 0 saturated carbocycles. The number of carbonyl (C=O) groups is 1. The molecule has 0 spiro atoms. The van der Waals surface area contributed by atoms with Gasteiger partial charge in [0.2, 0.25) is 0 Å². The van der Waals surface area contributed by atoms with E-state index in [2.05, 4.69) is 19.9 Å². The van der Waals surface area contributed by atoms with Crippen LogP contribution in [0.3, 0.4) is 0 Å². The van der Waals surface area contributed by atoms with Crippen LogP contribution in [0.1, 0.15) is 49.7 Å². The molecule has 0 aliphatic rings. The van der Waals surface area contributed by atoms with Crippen molar-refractivity contribution in [1.29, 1.82) is 0 Å².